The molecule has 2 N–H and O–H groups in total. The zero-order valence-electron chi connectivity index (χ0n) is 14.3. The highest BCUT2D eigenvalue weighted by Crippen LogP contribution is 2.23. The van der Waals surface area contributed by atoms with Crippen LogP contribution in [0.5, 0.6) is 5.75 Å². The van der Waals surface area contributed by atoms with Crippen molar-refractivity contribution in [3.8, 4) is 5.75 Å². The number of carboxylic acids is 1. The van der Waals surface area contributed by atoms with Crippen LogP contribution in [0.15, 0.2) is 24.3 Å². The van der Waals surface area contributed by atoms with Gasteiger partial charge < -0.3 is 15.2 Å². The Balaban J connectivity index is 1.80. The predicted octanol–water partition coefficient (Wildman–Crippen LogP) is 3.79. The molecule has 0 aromatic heterocycles. The molecule has 136 valence electrons. The van der Waals surface area contributed by atoms with Crippen LogP contribution in [0.25, 0.3) is 0 Å². The van der Waals surface area contributed by atoms with Crippen LogP contribution < -0.4 is 10.1 Å². The first-order chi connectivity index (χ1) is 12.0. The Hall–Kier alpha value is -2.37. The number of carboxylic acid groups (broad SMARTS) is 1. The Morgan fingerprint density at radius 3 is 2.60 bits per heavy atom. The van der Waals surface area contributed by atoms with Crippen LogP contribution in [-0.4, -0.2) is 29.5 Å². The maximum Gasteiger partial charge on any atom is 0.412 e. The molecule has 6 heteroatoms. The summed E-state index contributed by atoms with van der Waals surface area (Å²) in [6.45, 7) is 0.618. The van der Waals surface area contributed by atoms with Gasteiger partial charge in [0, 0.05) is 24.9 Å². The molecule has 0 saturated heterocycles. The molecule has 1 fully saturated rings. The quantitative estimate of drug-likeness (QED) is 0.698. The minimum atomic E-state index is -0.917. The summed E-state index contributed by atoms with van der Waals surface area (Å²) in [6.07, 6.45) is 5.88. The van der Waals surface area contributed by atoms with E-state index in [2.05, 4.69) is 5.32 Å². The Morgan fingerprint density at radius 1 is 1.12 bits per heavy atom. The van der Waals surface area contributed by atoms with Crippen molar-refractivity contribution in [3.63, 3.8) is 0 Å². The van der Waals surface area contributed by atoms with E-state index in [0.717, 1.165) is 12.8 Å². The van der Waals surface area contributed by atoms with Crippen molar-refractivity contribution < 1.29 is 24.2 Å². The van der Waals surface area contributed by atoms with E-state index in [9.17, 15) is 14.4 Å². The van der Waals surface area contributed by atoms with Gasteiger partial charge in [-0.05, 0) is 37.3 Å². The van der Waals surface area contributed by atoms with Gasteiger partial charge in [-0.3, -0.25) is 9.59 Å². The number of rotatable bonds is 8. The van der Waals surface area contributed by atoms with Gasteiger partial charge >= 0.3 is 12.1 Å². The predicted molar refractivity (Wildman–Crippen MR) is 92.9 cm³/mol. The second-order valence-corrected chi connectivity index (χ2v) is 6.47. The van der Waals surface area contributed by atoms with Gasteiger partial charge in [0.1, 0.15) is 5.75 Å². The monoisotopic (exact) mass is 347 g/mol. The van der Waals surface area contributed by atoms with E-state index in [1.807, 2.05) is 0 Å². The fourth-order valence-electron chi connectivity index (χ4n) is 3.04. The van der Waals surface area contributed by atoms with Gasteiger partial charge in [-0.1, -0.05) is 31.4 Å². The molecule has 1 aliphatic rings. The van der Waals surface area contributed by atoms with E-state index in [4.69, 9.17) is 9.84 Å². The summed E-state index contributed by atoms with van der Waals surface area (Å²) in [5.41, 5.74) is 0.419. The molecule has 0 aliphatic heterocycles. The van der Waals surface area contributed by atoms with Gasteiger partial charge in [-0.15, -0.1) is 0 Å². The first-order valence-electron chi connectivity index (χ1n) is 8.85. The van der Waals surface area contributed by atoms with E-state index in [1.54, 1.807) is 18.2 Å². The molecule has 0 unspecified atom stereocenters. The van der Waals surface area contributed by atoms with Crippen molar-refractivity contribution in [2.75, 3.05) is 6.54 Å². The normalized spacial score (nSPS) is 14.7. The molecule has 0 spiro atoms. The maximum atomic E-state index is 12.0. The van der Waals surface area contributed by atoms with Crippen LogP contribution in [-0.2, 0) is 4.79 Å². The molecule has 1 saturated carbocycles. The summed E-state index contributed by atoms with van der Waals surface area (Å²) in [5, 5.41) is 11.4. The summed E-state index contributed by atoms with van der Waals surface area (Å²) >= 11 is 0. The number of carbonyl (C=O) groups is 3. The molecule has 1 aromatic rings. The molecule has 2 rings (SSSR count). The largest absolute Gasteiger partial charge is 0.481 e. The molecule has 0 heterocycles. The van der Waals surface area contributed by atoms with E-state index >= 15 is 0 Å². The summed E-state index contributed by atoms with van der Waals surface area (Å²) < 4.78 is 5.24. The van der Waals surface area contributed by atoms with Crippen LogP contribution in [0.2, 0.25) is 0 Å². The average molecular weight is 347 g/mol. The third-order valence-electron chi connectivity index (χ3n) is 4.42. The van der Waals surface area contributed by atoms with Crippen LogP contribution in [0.1, 0.15) is 61.7 Å². The molecule has 0 bridgehead atoms. The summed E-state index contributed by atoms with van der Waals surface area (Å²) in [6, 6.07) is 6.42. The van der Waals surface area contributed by atoms with E-state index in [1.165, 1.54) is 25.3 Å². The number of amides is 1. The summed E-state index contributed by atoms with van der Waals surface area (Å²) in [4.78, 5) is 34.4. The molecule has 0 atom stereocenters. The molecule has 1 amide bonds. The average Bonchev–Trinajstić information content (AvgIpc) is 2.61. The highest BCUT2D eigenvalue weighted by Gasteiger charge is 2.15. The number of aliphatic carboxylic acids is 1. The zero-order valence-corrected chi connectivity index (χ0v) is 14.3. The first-order valence-corrected chi connectivity index (χ1v) is 8.85. The standard InChI is InChI=1S/C19H25NO5/c21-17(10-5-11-18(22)23)15-8-4-9-16(12-15)25-19(24)20-13-14-6-2-1-3-7-14/h4,8-9,12,14H,1-3,5-7,10-11,13H2,(H,20,24)(H,22,23). The van der Waals surface area contributed by atoms with Crippen molar-refractivity contribution in [3.05, 3.63) is 29.8 Å². The first kappa shape index (κ1) is 19.0. The van der Waals surface area contributed by atoms with Crippen molar-refractivity contribution in [1.82, 2.24) is 5.32 Å². The summed E-state index contributed by atoms with van der Waals surface area (Å²) in [5.74, 6) is -0.248. The van der Waals surface area contributed by atoms with Crippen molar-refractivity contribution in [2.24, 2.45) is 5.92 Å². The minimum Gasteiger partial charge on any atom is -0.481 e. The molecular formula is C19H25NO5. The highest BCUT2D eigenvalue weighted by molar-refractivity contribution is 5.96. The topological polar surface area (TPSA) is 92.7 Å². The van der Waals surface area contributed by atoms with Crippen molar-refractivity contribution in [2.45, 2.75) is 51.4 Å². The third kappa shape index (κ3) is 6.95. The SMILES string of the molecule is O=C(O)CCCC(=O)c1cccc(OC(=O)NCC2CCCCC2)c1. The zero-order chi connectivity index (χ0) is 18.1. The second-order valence-electron chi connectivity index (χ2n) is 6.47. The van der Waals surface area contributed by atoms with Crippen LogP contribution >= 0.6 is 0 Å². The smallest absolute Gasteiger partial charge is 0.412 e. The van der Waals surface area contributed by atoms with Crippen molar-refractivity contribution >= 4 is 17.8 Å². The molecule has 25 heavy (non-hydrogen) atoms. The Labute approximate surface area is 147 Å². The Kier molecular flexibility index (Phi) is 7.44. The highest BCUT2D eigenvalue weighted by atomic mass is 16.6. The van der Waals surface area contributed by atoms with E-state index < -0.39 is 12.1 Å². The van der Waals surface area contributed by atoms with E-state index in [-0.39, 0.29) is 18.6 Å². The fourth-order valence-corrected chi connectivity index (χ4v) is 3.04. The van der Waals surface area contributed by atoms with Crippen LogP contribution in [0, 0.1) is 5.92 Å². The molecule has 1 aliphatic carbocycles. The van der Waals surface area contributed by atoms with E-state index in [0.29, 0.717) is 30.2 Å². The number of nitrogens with one attached hydrogen (secondary N) is 1. The lowest BCUT2D eigenvalue weighted by atomic mass is 9.89. The number of benzene rings is 1. The molecule has 1 aromatic carbocycles. The van der Waals surface area contributed by atoms with Crippen LogP contribution in [0.3, 0.4) is 0 Å². The molecular weight excluding hydrogens is 322 g/mol. The lowest BCUT2D eigenvalue weighted by molar-refractivity contribution is -0.137. The molecule has 0 radical (unpaired) electrons. The third-order valence-corrected chi connectivity index (χ3v) is 4.42. The van der Waals surface area contributed by atoms with Gasteiger partial charge in [0.25, 0.3) is 0 Å². The Bertz CT molecular complexity index is 608. The number of ether oxygens (including phenoxy) is 1. The second kappa shape index (κ2) is 9.81. The number of ketones is 1. The maximum absolute atomic E-state index is 12.0. The van der Waals surface area contributed by atoms with Crippen molar-refractivity contribution in [1.29, 1.82) is 0 Å². The van der Waals surface area contributed by atoms with Crippen LogP contribution in [0.4, 0.5) is 4.79 Å². The van der Waals surface area contributed by atoms with Gasteiger partial charge in [0.15, 0.2) is 5.78 Å². The van der Waals surface area contributed by atoms with Gasteiger partial charge in [-0.25, -0.2) is 4.79 Å². The lowest BCUT2D eigenvalue weighted by Gasteiger charge is -2.21. The molecule has 6 nitrogen and oxygen atoms in total. The number of hydrogen-bond donors (Lipinski definition) is 2. The summed E-state index contributed by atoms with van der Waals surface area (Å²) in [7, 11) is 0. The number of hydrogen-bond acceptors (Lipinski definition) is 4. The van der Waals surface area contributed by atoms with Gasteiger partial charge in [0.05, 0.1) is 0 Å². The fraction of sp³-hybridized carbons (Fsp3) is 0.526. The Morgan fingerprint density at radius 2 is 1.88 bits per heavy atom. The van der Waals surface area contributed by atoms with Gasteiger partial charge in [-0.2, -0.15) is 0 Å². The number of Topliss-reactive ketones (excluding diaryl/α,β-unsaturated/α-hetero) is 1. The van der Waals surface area contributed by atoms with Gasteiger partial charge in [0.2, 0.25) is 0 Å². The number of carbonyl (C=O) groups excluding carboxylic acids is 2. The lowest BCUT2D eigenvalue weighted by Crippen LogP contribution is -2.32. The minimum absolute atomic E-state index is 0.0362.